The number of rotatable bonds is 7. The molecule has 0 aliphatic carbocycles. The molecule has 1 amide bonds. The number of aliphatic hydroxyl groups is 1. The number of benzene rings is 1. The molecule has 1 fully saturated rings. The quantitative estimate of drug-likeness (QED) is 0.749. The molecule has 156 valence electrons. The van der Waals surface area contributed by atoms with E-state index in [2.05, 4.69) is 0 Å². The lowest BCUT2D eigenvalue weighted by atomic mass is 9.97. The predicted octanol–water partition coefficient (Wildman–Crippen LogP) is 1.22. The normalized spacial score (nSPS) is 19.1. The lowest BCUT2D eigenvalue weighted by Crippen LogP contribution is -2.49. The maximum Gasteiger partial charge on any atom is 0.250 e. The van der Waals surface area contributed by atoms with Crippen LogP contribution in [-0.4, -0.2) is 60.6 Å². The second-order valence-electron chi connectivity index (χ2n) is 6.72. The predicted molar refractivity (Wildman–Crippen MR) is 106 cm³/mol. The van der Waals surface area contributed by atoms with Crippen molar-refractivity contribution >= 4 is 5.91 Å². The van der Waals surface area contributed by atoms with Crippen LogP contribution in [0.4, 0.5) is 0 Å². The Morgan fingerprint density at radius 1 is 1.21 bits per heavy atom. The second-order valence-corrected chi connectivity index (χ2v) is 6.72. The van der Waals surface area contributed by atoms with Crippen LogP contribution in [0.1, 0.15) is 18.0 Å². The molecule has 1 aliphatic heterocycles. The van der Waals surface area contributed by atoms with E-state index in [4.69, 9.17) is 14.2 Å². The number of aromatic nitrogens is 1. The smallest absolute Gasteiger partial charge is 0.250 e. The first-order valence-corrected chi connectivity index (χ1v) is 9.48. The van der Waals surface area contributed by atoms with Crippen LogP contribution in [0.25, 0.3) is 0 Å². The van der Waals surface area contributed by atoms with Crippen LogP contribution >= 0.6 is 0 Å². The van der Waals surface area contributed by atoms with Gasteiger partial charge in [0.15, 0.2) is 11.5 Å². The minimum atomic E-state index is -0.551. The van der Waals surface area contributed by atoms with Gasteiger partial charge in [-0.1, -0.05) is 12.1 Å². The van der Waals surface area contributed by atoms with Crippen LogP contribution in [0.2, 0.25) is 0 Å². The van der Waals surface area contributed by atoms with Crippen LogP contribution in [0.5, 0.6) is 11.5 Å². The first kappa shape index (κ1) is 20.9. The van der Waals surface area contributed by atoms with E-state index in [1.165, 1.54) is 10.6 Å². The molecule has 2 atom stereocenters. The van der Waals surface area contributed by atoms with Crippen LogP contribution in [-0.2, 0) is 16.1 Å². The Labute approximate surface area is 169 Å². The Morgan fingerprint density at radius 2 is 2.00 bits per heavy atom. The molecule has 8 nitrogen and oxygen atoms in total. The standard InChI is InChI=1S/C21H26N2O6/c1-27-16-7-6-15(13-17(16)28-2)21-18(14-24)29-12-11-23(21)20(26)8-10-22-9-4-3-5-19(22)25/h3-7,9,13,18,21,24H,8,10-12,14H2,1-2H3/t18-,21-/m0/s1. The number of pyridine rings is 1. The van der Waals surface area contributed by atoms with Crippen molar-refractivity contribution in [2.24, 2.45) is 0 Å². The molecule has 0 spiro atoms. The minimum absolute atomic E-state index is 0.109. The maximum atomic E-state index is 13.0. The second kappa shape index (κ2) is 9.58. The first-order valence-electron chi connectivity index (χ1n) is 9.48. The summed E-state index contributed by atoms with van der Waals surface area (Å²) in [5, 5.41) is 9.83. The third kappa shape index (κ3) is 4.60. The van der Waals surface area contributed by atoms with Crippen molar-refractivity contribution in [3.05, 3.63) is 58.5 Å². The van der Waals surface area contributed by atoms with E-state index in [1.54, 1.807) is 49.6 Å². The van der Waals surface area contributed by atoms with Gasteiger partial charge >= 0.3 is 0 Å². The van der Waals surface area contributed by atoms with Gasteiger partial charge in [0.05, 0.1) is 33.5 Å². The van der Waals surface area contributed by atoms with Gasteiger partial charge < -0.3 is 28.8 Å². The Bertz CT molecular complexity index is 897. The molecular formula is C21H26N2O6. The van der Waals surface area contributed by atoms with Gasteiger partial charge in [0, 0.05) is 31.8 Å². The van der Waals surface area contributed by atoms with Crippen molar-refractivity contribution in [1.29, 1.82) is 0 Å². The van der Waals surface area contributed by atoms with Crippen LogP contribution in [0.3, 0.4) is 0 Å². The molecule has 0 radical (unpaired) electrons. The summed E-state index contributed by atoms with van der Waals surface area (Å²) in [5.41, 5.74) is 0.638. The number of amides is 1. The van der Waals surface area contributed by atoms with Gasteiger partial charge in [0.25, 0.3) is 5.56 Å². The molecule has 3 rings (SSSR count). The summed E-state index contributed by atoms with van der Waals surface area (Å²) in [7, 11) is 3.10. The van der Waals surface area contributed by atoms with Crippen molar-refractivity contribution in [3.63, 3.8) is 0 Å². The summed E-state index contributed by atoms with van der Waals surface area (Å²) in [5.74, 6) is 1.01. The molecule has 0 saturated carbocycles. The Balaban J connectivity index is 1.84. The molecule has 2 aromatic rings. The molecule has 1 N–H and O–H groups in total. The van der Waals surface area contributed by atoms with E-state index >= 15 is 0 Å². The maximum absolute atomic E-state index is 13.0. The zero-order chi connectivity index (χ0) is 20.8. The number of carbonyl (C=O) groups is 1. The van der Waals surface area contributed by atoms with Gasteiger partial charge in [-0.05, 0) is 23.8 Å². The number of nitrogens with zero attached hydrogens (tertiary/aromatic N) is 2. The topological polar surface area (TPSA) is 90.2 Å². The highest BCUT2D eigenvalue weighted by Gasteiger charge is 2.36. The van der Waals surface area contributed by atoms with Crippen LogP contribution < -0.4 is 15.0 Å². The Kier molecular flexibility index (Phi) is 6.90. The number of methoxy groups -OCH3 is 2. The van der Waals surface area contributed by atoms with Crippen LogP contribution in [0, 0.1) is 0 Å². The molecule has 1 saturated heterocycles. The minimum Gasteiger partial charge on any atom is -0.493 e. The van der Waals surface area contributed by atoms with Gasteiger partial charge in [-0.2, -0.15) is 0 Å². The zero-order valence-electron chi connectivity index (χ0n) is 16.6. The molecule has 1 aromatic heterocycles. The van der Waals surface area contributed by atoms with Crippen molar-refractivity contribution in [1.82, 2.24) is 9.47 Å². The van der Waals surface area contributed by atoms with E-state index in [0.29, 0.717) is 24.7 Å². The fourth-order valence-corrected chi connectivity index (χ4v) is 3.60. The van der Waals surface area contributed by atoms with Gasteiger partial charge in [-0.3, -0.25) is 9.59 Å². The molecule has 0 unspecified atom stereocenters. The number of morpholine rings is 1. The Hall–Kier alpha value is -2.84. The lowest BCUT2D eigenvalue weighted by Gasteiger charge is -2.41. The summed E-state index contributed by atoms with van der Waals surface area (Å²) >= 11 is 0. The summed E-state index contributed by atoms with van der Waals surface area (Å²) in [6.07, 6.45) is 1.29. The van der Waals surface area contributed by atoms with E-state index in [1.807, 2.05) is 6.07 Å². The fourth-order valence-electron chi connectivity index (χ4n) is 3.60. The molecule has 2 heterocycles. The zero-order valence-corrected chi connectivity index (χ0v) is 16.6. The average Bonchev–Trinajstić information content (AvgIpc) is 2.77. The number of ether oxygens (including phenoxy) is 3. The number of aliphatic hydroxyl groups excluding tert-OH is 1. The monoisotopic (exact) mass is 402 g/mol. The highest BCUT2D eigenvalue weighted by atomic mass is 16.5. The third-order valence-corrected chi connectivity index (χ3v) is 5.07. The summed E-state index contributed by atoms with van der Waals surface area (Å²) in [4.78, 5) is 26.6. The van der Waals surface area contributed by atoms with Gasteiger partial charge in [-0.25, -0.2) is 0 Å². The molecule has 0 bridgehead atoms. The average molecular weight is 402 g/mol. The molecule has 1 aromatic carbocycles. The van der Waals surface area contributed by atoms with E-state index in [9.17, 15) is 14.7 Å². The SMILES string of the molecule is COc1ccc([C@H]2[C@H](CO)OCCN2C(=O)CCn2ccccc2=O)cc1OC. The van der Waals surface area contributed by atoms with Gasteiger partial charge in [-0.15, -0.1) is 0 Å². The van der Waals surface area contributed by atoms with Crippen molar-refractivity contribution in [3.8, 4) is 11.5 Å². The summed E-state index contributed by atoms with van der Waals surface area (Å²) in [6, 6.07) is 9.83. The lowest BCUT2D eigenvalue weighted by molar-refractivity contribution is -0.150. The van der Waals surface area contributed by atoms with Crippen molar-refractivity contribution in [2.45, 2.75) is 25.1 Å². The van der Waals surface area contributed by atoms with E-state index in [-0.39, 0.29) is 31.0 Å². The van der Waals surface area contributed by atoms with Crippen molar-refractivity contribution < 1.29 is 24.1 Å². The summed E-state index contributed by atoms with van der Waals surface area (Å²) in [6.45, 7) is 0.809. The third-order valence-electron chi connectivity index (χ3n) is 5.07. The van der Waals surface area contributed by atoms with E-state index in [0.717, 1.165) is 5.56 Å². The summed E-state index contributed by atoms with van der Waals surface area (Å²) < 4.78 is 17.9. The van der Waals surface area contributed by atoms with Gasteiger partial charge in [0.1, 0.15) is 6.10 Å². The highest BCUT2D eigenvalue weighted by Crippen LogP contribution is 2.35. The number of hydrogen-bond donors (Lipinski definition) is 1. The Morgan fingerprint density at radius 3 is 2.69 bits per heavy atom. The highest BCUT2D eigenvalue weighted by molar-refractivity contribution is 5.77. The van der Waals surface area contributed by atoms with Gasteiger partial charge in [0.2, 0.25) is 5.91 Å². The van der Waals surface area contributed by atoms with E-state index < -0.39 is 12.1 Å². The fraction of sp³-hybridized carbons (Fsp3) is 0.429. The van der Waals surface area contributed by atoms with Crippen molar-refractivity contribution in [2.75, 3.05) is 34.0 Å². The van der Waals surface area contributed by atoms with Crippen LogP contribution in [0.15, 0.2) is 47.4 Å². The first-order chi connectivity index (χ1) is 14.1. The largest absolute Gasteiger partial charge is 0.493 e. The number of aryl methyl sites for hydroxylation is 1. The molecular weight excluding hydrogens is 376 g/mol. The number of carbonyl (C=O) groups excluding carboxylic acids is 1. The number of hydrogen-bond acceptors (Lipinski definition) is 6. The molecule has 1 aliphatic rings. The molecule has 8 heteroatoms. The molecule has 29 heavy (non-hydrogen) atoms.